The van der Waals surface area contributed by atoms with Gasteiger partial charge in [-0.05, 0) is 45.0 Å². The van der Waals surface area contributed by atoms with Crippen molar-refractivity contribution in [2.45, 2.75) is 25.7 Å². The number of rotatable bonds is 5. The molecule has 0 aliphatic rings. The van der Waals surface area contributed by atoms with Crippen LogP contribution in [0, 0.1) is 20.8 Å². The predicted molar refractivity (Wildman–Crippen MR) is 93.3 cm³/mol. The van der Waals surface area contributed by atoms with E-state index in [0.29, 0.717) is 5.82 Å². The Morgan fingerprint density at radius 2 is 1.56 bits per heavy atom. The number of aromatic nitrogens is 3. The van der Waals surface area contributed by atoms with E-state index in [1.54, 1.807) is 13.0 Å². The fraction of sp³-hybridized carbons (Fsp3) is 0.188. The normalized spacial score (nSPS) is 11.3. The average Bonchev–Trinajstić information content (AvgIpc) is 2.91. The predicted octanol–water partition coefficient (Wildman–Crippen LogP) is 2.93. The number of nitrogens with zero attached hydrogens (tertiary/aromatic N) is 3. The van der Waals surface area contributed by atoms with E-state index >= 15 is 0 Å². The summed E-state index contributed by atoms with van der Waals surface area (Å²) in [6.45, 7) is 5.10. The van der Waals surface area contributed by atoms with Crippen LogP contribution in [0.15, 0.2) is 45.8 Å². The molecule has 1 aromatic carbocycles. The van der Waals surface area contributed by atoms with Crippen LogP contribution in [0.4, 0.5) is 17.3 Å². The van der Waals surface area contributed by atoms with Crippen LogP contribution in [0.25, 0.3) is 0 Å². The minimum atomic E-state index is -3.84. The third kappa shape index (κ3) is 3.77. The Hall–Kier alpha value is -2.94. The second-order valence-corrected chi connectivity index (χ2v) is 7.17. The zero-order valence-corrected chi connectivity index (χ0v) is 14.8. The van der Waals surface area contributed by atoms with Gasteiger partial charge < -0.3 is 9.84 Å². The summed E-state index contributed by atoms with van der Waals surface area (Å²) in [5.41, 5.74) is 2.31. The Kier molecular flexibility index (Phi) is 4.41. The third-order valence-electron chi connectivity index (χ3n) is 3.46. The van der Waals surface area contributed by atoms with Crippen LogP contribution in [0.5, 0.6) is 0 Å². The van der Waals surface area contributed by atoms with Crippen LogP contribution in [-0.2, 0) is 10.0 Å². The van der Waals surface area contributed by atoms with E-state index in [-0.39, 0.29) is 22.2 Å². The Balaban J connectivity index is 1.75. The number of benzene rings is 1. The third-order valence-corrected chi connectivity index (χ3v) is 5.06. The number of hydrogen-bond acceptors (Lipinski definition) is 7. The van der Waals surface area contributed by atoms with Crippen LogP contribution in [0.1, 0.15) is 17.0 Å². The molecule has 0 radical (unpaired) electrons. The van der Waals surface area contributed by atoms with Crippen LogP contribution < -0.4 is 10.0 Å². The van der Waals surface area contributed by atoms with E-state index in [1.807, 2.05) is 31.2 Å². The van der Waals surface area contributed by atoms with Crippen LogP contribution in [0.2, 0.25) is 0 Å². The second kappa shape index (κ2) is 6.52. The molecule has 3 rings (SSSR count). The maximum Gasteiger partial charge on any atom is 0.268 e. The summed E-state index contributed by atoms with van der Waals surface area (Å²) in [6.07, 6.45) is 0. The van der Waals surface area contributed by atoms with Crippen molar-refractivity contribution in [1.29, 1.82) is 0 Å². The van der Waals surface area contributed by atoms with Crippen LogP contribution in [-0.4, -0.2) is 23.8 Å². The zero-order valence-electron chi connectivity index (χ0n) is 13.9. The molecule has 3 aromatic rings. The fourth-order valence-corrected chi connectivity index (χ4v) is 3.61. The lowest BCUT2D eigenvalue weighted by molar-refractivity contribution is 0.390. The molecule has 25 heavy (non-hydrogen) atoms. The molecule has 2 heterocycles. The van der Waals surface area contributed by atoms with Crippen molar-refractivity contribution in [1.82, 2.24) is 15.4 Å². The van der Waals surface area contributed by atoms with Crippen LogP contribution in [0.3, 0.4) is 0 Å². The molecule has 8 nitrogen and oxygen atoms in total. The van der Waals surface area contributed by atoms with E-state index in [9.17, 15) is 8.42 Å². The topological polar surface area (TPSA) is 110 Å². The molecule has 0 aliphatic carbocycles. The van der Waals surface area contributed by atoms with E-state index < -0.39 is 10.0 Å². The highest BCUT2D eigenvalue weighted by atomic mass is 32.2. The molecule has 0 bridgehead atoms. The molecule has 0 fully saturated rings. The highest BCUT2D eigenvalue weighted by Gasteiger charge is 2.24. The van der Waals surface area contributed by atoms with Crippen molar-refractivity contribution in [3.8, 4) is 0 Å². The highest BCUT2D eigenvalue weighted by molar-refractivity contribution is 7.92. The van der Waals surface area contributed by atoms with Gasteiger partial charge in [-0.3, -0.25) is 4.72 Å². The molecule has 0 aliphatic heterocycles. The number of nitrogens with one attached hydrogen (secondary N) is 2. The second-order valence-electron chi connectivity index (χ2n) is 5.55. The fourth-order valence-electron chi connectivity index (χ4n) is 2.29. The van der Waals surface area contributed by atoms with E-state index in [2.05, 4.69) is 25.4 Å². The van der Waals surface area contributed by atoms with Crippen molar-refractivity contribution in [2.75, 3.05) is 10.0 Å². The Morgan fingerprint density at radius 3 is 2.12 bits per heavy atom. The van der Waals surface area contributed by atoms with E-state index in [0.717, 1.165) is 11.3 Å². The largest absolute Gasteiger partial charge is 0.360 e. The summed E-state index contributed by atoms with van der Waals surface area (Å²) in [5, 5.41) is 14.6. The van der Waals surface area contributed by atoms with Gasteiger partial charge in [0.2, 0.25) is 0 Å². The first kappa shape index (κ1) is 16.9. The van der Waals surface area contributed by atoms with E-state index in [1.165, 1.54) is 13.0 Å². The maximum absolute atomic E-state index is 12.4. The SMILES string of the molecule is Cc1ccc(Nc2ccc(NS(=O)(=O)c3c(C)noc3C)nn2)cc1. The average molecular weight is 359 g/mol. The van der Waals surface area contributed by atoms with Gasteiger partial charge in [0.25, 0.3) is 10.0 Å². The van der Waals surface area contributed by atoms with Crippen molar-refractivity contribution in [2.24, 2.45) is 0 Å². The smallest absolute Gasteiger partial charge is 0.268 e. The van der Waals surface area contributed by atoms with Gasteiger partial charge >= 0.3 is 0 Å². The highest BCUT2D eigenvalue weighted by Crippen LogP contribution is 2.22. The number of hydrogen-bond donors (Lipinski definition) is 2. The van der Waals surface area contributed by atoms with Crippen molar-refractivity contribution in [3.63, 3.8) is 0 Å². The van der Waals surface area contributed by atoms with Gasteiger partial charge in [-0.25, -0.2) is 8.42 Å². The van der Waals surface area contributed by atoms with Gasteiger partial charge in [-0.15, -0.1) is 10.2 Å². The molecule has 0 saturated carbocycles. The number of aryl methyl sites for hydroxylation is 3. The lowest BCUT2D eigenvalue weighted by Gasteiger charge is -2.08. The molecule has 0 unspecified atom stereocenters. The Labute approximate surface area is 145 Å². The molecule has 0 amide bonds. The molecule has 9 heteroatoms. The molecule has 130 valence electrons. The summed E-state index contributed by atoms with van der Waals surface area (Å²) in [7, 11) is -3.84. The Morgan fingerprint density at radius 1 is 0.920 bits per heavy atom. The summed E-state index contributed by atoms with van der Waals surface area (Å²) in [5.74, 6) is 0.828. The first-order chi connectivity index (χ1) is 11.8. The van der Waals surface area contributed by atoms with E-state index in [4.69, 9.17) is 4.52 Å². The van der Waals surface area contributed by atoms with Gasteiger partial charge in [0.05, 0.1) is 0 Å². The minimum Gasteiger partial charge on any atom is -0.360 e. The van der Waals surface area contributed by atoms with Gasteiger partial charge in [0.15, 0.2) is 22.3 Å². The zero-order chi connectivity index (χ0) is 18.0. The summed E-state index contributed by atoms with van der Waals surface area (Å²) >= 11 is 0. The Bertz CT molecular complexity index is 960. The molecular formula is C16H17N5O3S. The standard InChI is InChI=1S/C16H17N5O3S/c1-10-4-6-13(7-5-10)17-14-8-9-15(19-18-14)21-25(22,23)16-11(2)20-24-12(16)3/h4-9H,1-3H3,(H,17,18)(H,19,21). The van der Waals surface area contributed by atoms with Gasteiger partial charge in [0, 0.05) is 5.69 Å². The molecule has 0 spiro atoms. The first-order valence-electron chi connectivity index (χ1n) is 7.48. The van der Waals surface area contributed by atoms with Gasteiger partial charge in [-0.1, -0.05) is 22.9 Å². The van der Waals surface area contributed by atoms with Crippen molar-refractivity contribution >= 4 is 27.3 Å². The lowest BCUT2D eigenvalue weighted by Crippen LogP contribution is -2.15. The summed E-state index contributed by atoms with van der Waals surface area (Å²) < 4.78 is 32.1. The quantitative estimate of drug-likeness (QED) is 0.720. The lowest BCUT2D eigenvalue weighted by atomic mass is 10.2. The molecule has 2 N–H and O–H groups in total. The number of anilines is 3. The number of sulfonamides is 1. The monoisotopic (exact) mass is 359 g/mol. The van der Waals surface area contributed by atoms with Crippen molar-refractivity contribution in [3.05, 3.63) is 53.4 Å². The summed E-state index contributed by atoms with van der Waals surface area (Å²) in [4.78, 5) is 0.0103. The minimum absolute atomic E-state index is 0.0103. The molecule has 0 atom stereocenters. The molecule has 0 saturated heterocycles. The maximum atomic E-state index is 12.4. The molecule has 2 aromatic heterocycles. The van der Waals surface area contributed by atoms with Crippen molar-refractivity contribution < 1.29 is 12.9 Å². The molecular weight excluding hydrogens is 342 g/mol. The van der Waals surface area contributed by atoms with Gasteiger partial charge in [0.1, 0.15) is 5.69 Å². The van der Waals surface area contributed by atoms with Crippen LogP contribution >= 0.6 is 0 Å². The summed E-state index contributed by atoms with van der Waals surface area (Å²) in [6, 6.07) is 11.0. The first-order valence-corrected chi connectivity index (χ1v) is 8.96. The van der Waals surface area contributed by atoms with Gasteiger partial charge in [-0.2, -0.15) is 0 Å².